The van der Waals surface area contributed by atoms with Crippen molar-refractivity contribution < 1.29 is 17.1 Å². The Labute approximate surface area is 284 Å². The molecule has 0 amide bonds. The summed E-state index contributed by atoms with van der Waals surface area (Å²) in [5.74, 6) is 0. The summed E-state index contributed by atoms with van der Waals surface area (Å²) < 4.78 is 0. The van der Waals surface area contributed by atoms with Gasteiger partial charge in [0, 0.05) is 0 Å². The standard InChI is InChI=1S/2C21H22P.Fe/c2*1-15-9-16(2)12-20(11-15)22(19-7-5-6-8-19)21-13-17(3)10-18(4)14-21;/h2*5-14H,1-4H3;/q2*-1;+2. The molecule has 6 aromatic carbocycles. The maximum absolute atomic E-state index is 2.35. The number of hydrogen-bond donors (Lipinski definition) is 0. The molecule has 0 fully saturated rings. The van der Waals surface area contributed by atoms with Crippen molar-refractivity contribution in [3.8, 4) is 0 Å². The van der Waals surface area contributed by atoms with Crippen molar-refractivity contribution in [1.29, 1.82) is 0 Å². The second kappa shape index (κ2) is 15.5. The van der Waals surface area contributed by atoms with Crippen LogP contribution in [-0.2, 0) is 17.1 Å². The van der Waals surface area contributed by atoms with E-state index in [-0.39, 0.29) is 17.1 Å². The number of aryl methyl sites for hydroxylation is 8. The van der Waals surface area contributed by atoms with E-state index in [4.69, 9.17) is 0 Å². The van der Waals surface area contributed by atoms with Crippen LogP contribution < -0.4 is 31.8 Å². The van der Waals surface area contributed by atoms with Crippen molar-refractivity contribution in [2.75, 3.05) is 0 Å². The van der Waals surface area contributed by atoms with E-state index >= 15 is 0 Å². The zero-order valence-corrected chi connectivity index (χ0v) is 30.7. The van der Waals surface area contributed by atoms with Crippen LogP contribution >= 0.6 is 15.8 Å². The maximum atomic E-state index is 2.35. The molecule has 0 atom stereocenters. The fourth-order valence-electron chi connectivity index (χ4n) is 6.24. The fourth-order valence-corrected chi connectivity index (χ4v) is 11.6. The summed E-state index contributed by atoms with van der Waals surface area (Å²) in [5, 5.41) is 8.66. The van der Waals surface area contributed by atoms with Crippen LogP contribution in [0.15, 0.2) is 121 Å². The summed E-state index contributed by atoms with van der Waals surface area (Å²) >= 11 is 0. The van der Waals surface area contributed by atoms with Crippen molar-refractivity contribution in [1.82, 2.24) is 0 Å². The van der Waals surface area contributed by atoms with Crippen LogP contribution in [0.5, 0.6) is 0 Å². The van der Waals surface area contributed by atoms with E-state index in [9.17, 15) is 0 Å². The van der Waals surface area contributed by atoms with E-state index in [1.807, 2.05) is 0 Å². The van der Waals surface area contributed by atoms with Gasteiger partial charge >= 0.3 is 17.1 Å². The predicted molar refractivity (Wildman–Crippen MR) is 199 cm³/mol. The SMILES string of the molecule is Cc1cc(C)cc(P(c2cc[cH-]c2)c2cc(C)cc(C)c2)c1.Cc1cc(C)cc(P(c2cc[cH-]c2)c2cc(C)cc(C)c2)c1.[Fe+2]. The van der Waals surface area contributed by atoms with E-state index in [0.717, 1.165) is 0 Å². The molecule has 0 aliphatic heterocycles. The van der Waals surface area contributed by atoms with Gasteiger partial charge in [0.25, 0.3) is 0 Å². The Kier molecular flexibility index (Phi) is 12.0. The van der Waals surface area contributed by atoms with Gasteiger partial charge in [-0.1, -0.05) is 133 Å². The summed E-state index contributed by atoms with van der Waals surface area (Å²) in [7, 11) is -0.948. The summed E-state index contributed by atoms with van der Waals surface area (Å²) in [6, 6.07) is 45.5. The minimum atomic E-state index is -0.474. The molecule has 0 unspecified atom stereocenters. The molecule has 3 heteroatoms. The van der Waals surface area contributed by atoms with Gasteiger partial charge in [-0.2, -0.15) is 47.0 Å². The summed E-state index contributed by atoms with van der Waals surface area (Å²) in [5.41, 5.74) is 10.8. The molecule has 0 saturated carbocycles. The first kappa shape index (κ1) is 34.8. The van der Waals surface area contributed by atoms with Gasteiger partial charge in [0.2, 0.25) is 0 Å². The minimum absolute atomic E-state index is 0. The van der Waals surface area contributed by atoms with Gasteiger partial charge in [-0.15, -0.1) is 0 Å². The molecule has 45 heavy (non-hydrogen) atoms. The molecule has 0 bridgehead atoms. The van der Waals surface area contributed by atoms with E-state index in [1.165, 1.54) is 76.3 Å². The van der Waals surface area contributed by atoms with Gasteiger partial charge in [0.1, 0.15) is 0 Å². The molecule has 0 heterocycles. The molecule has 6 rings (SSSR count). The molecule has 0 aliphatic carbocycles. The van der Waals surface area contributed by atoms with Crippen LogP contribution in [-0.4, -0.2) is 0 Å². The van der Waals surface area contributed by atoms with Crippen LogP contribution in [0.25, 0.3) is 0 Å². The van der Waals surface area contributed by atoms with Crippen molar-refractivity contribution in [3.63, 3.8) is 0 Å². The summed E-state index contributed by atoms with van der Waals surface area (Å²) in [6.45, 7) is 17.5. The first-order valence-electron chi connectivity index (χ1n) is 15.4. The fraction of sp³-hybridized carbons (Fsp3) is 0.190. The molecule has 6 aromatic rings. The first-order valence-corrected chi connectivity index (χ1v) is 18.1. The average Bonchev–Trinajstić information content (AvgIpc) is 3.63. The average molecular weight is 667 g/mol. The molecule has 0 aromatic heterocycles. The maximum Gasteiger partial charge on any atom is 2.00 e. The third-order valence-electron chi connectivity index (χ3n) is 7.67. The monoisotopic (exact) mass is 666 g/mol. The van der Waals surface area contributed by atoms with Gasteiger partial charge in [0.05, 0.1) is 0 Å². The van der Waals surface area contributed by atoms with Crippen molar-refractivity contribution in [2.24, 2.45) is 0 Å². The Balaban J connectivity index is 0.000000200. The quantitative estimate of drug-likeness (QED) is 0.0948. The zero-order valence-electron chi connectivity index (χ0n) is 27.8. The van der Waals surface area contributed by atoms with Crippen LogP contribution in [0, 0.1) is 55.4 Å². The van der Waals surface area contributed by atoms with E-state index in [0.29, 0.717) is 0 Å². The Hall–Kier alpha value is -3.04. The molecule has 0 aliphatic rings. The minimum Gasteiger partial charge on any atom is -0.206 e. The number of benzene rings is 4. The molecule has 0 spiro atoms. The van der Waals surface area contributed by atoms with Crippen molar-refractivity contribution in [3.05, 3.63) is 166 Å². The second-order valence-electron chi connectivity index (χ2n) is 12.3. The molecule has 230 valence electrons. The molecular weight excluding hydrogens is 622 g/mol. The Bertz CT molecular complexity index is 1520. The van der Waals surface area contributed by atoms with Gasteiger partial charge in [0.15, 0.2) is 0 Å². The Morgan fingerprint density at radius 2 is 0.556 bits per heavy atom. The molecule has 0 radical (unpaired) electrons. The summed E-state index contributed by atoms with van der Waals surface area (Å²) in [6.07, 6.45) is 0. The third-order valence-corrected chi connectivity index (χ3v) is 12.4. The van der Waals surface area contributed by atoms with Crippen molar-refractivity contribution in [2.45, 2.75) is 55.4 Å². The van der Waals surface area contributed by atoms with Crippen LogP contribution in [0.4, 0.5) is 0 Å². The van der Waals surface area contributed by atoms with Crippen LogP contribution in [0.1, 0.15) is 44.5 Å². The normalized spacial score (nSPS) is 10.9. The molecule has 0 N–H and O–H groups in total. The molecular formula is C42H44FeP2. The molecule has 0 nitrogen and oxygen atoms in total. The van der Waals surface area contributed by atoms with Gasteiger partial charge < -0.3 is 0 Å². The zero-order chi connectivity index (χ0) is 31.4. The first-order chi connectivity index (χ1) is 21.0. The molecule has 0 saturated heterocycles. The van der Waals surface area contributed by atoms with Gasteiger partial charge in [-0.3, -0.25) is 0 Å². The van der Waals surface area contributed by atoms with Crippen LogP contribution in [0.3, 0.4) is 0 Å². The number of hydrogen-bond acceptors (Lipinski definition) is 0. The van der Waals surface area contributed by atoms with E-state index in [2.05, 4.69) is 177 Å². The van der Waals surface area contributed by atoms with Gasteiger partial charge in [-0.05, 0) is 76.6 Å². The summed E-state index contributed by atoms with van der Waals surface area (Å²) in [4.78, 5) is 0. The largest absolute Gasteiger partial charge is 2.00 e. The van der Waals surface area contributed by atoms with E-state index in [1.54, 1.807) is 0 Å². The smallest absolute Gasteiger partial charge is 0.206 e. The predicted octanol–water partition coefficient (Wildman–Crippen LogP) is 8.79. The Morgan fingerprint density at radius 1 is 0.333 bits per heavy atom. The van der Waals surface area contributed by atoms with Crippen LogP contribution in [0.2, 0.25) is 0 Å². The second-order valence-corrected chi connectivity index (χ2v) is 16.8. The van der Waals surface area contributed by atoms with E-state index < -0.39 is 15.8 Å². The third kappa shape index (κ3) is 9.03. The van der Waals surface area contributed by atoms with Crippen molar-refractivity contribution >= 4 is 47.7 Å². The number of rotatable bonds is 6. The topological polar surface area (TPSA) is 0 Å². The van der Waals surface area contributed by atoms with Gasteiger partial charge in [-0.25, -0.2) is 12.1 Å². The Morgan fingerprint density at radius 3 is 0.733 bits per heavy atom.